The number of nitrogens with zero attached hydrogens (tertiary/aromatic N) is 2. The highest BCUT2D eigenvalue weighted by atomic mass is 16.5. The minimum Gasteiger partial charge on any atom is -0.494 e. The van der Waals surface area contributed by atoms with Crippen LogP contribution < -0.4 is 4.74 Å². The van der Waals surface area contributed by atoms with Gasteiger partial charge < -0.3 is 4.74 Å². The van der Waals surface area contributed by atoms with Gasteiger partial charge in [-0.1, -0.05) is 12.1 Å². The first-order valence-corrected chi connectivity index (χ1v) is 5.63. The van der Waals surface area contributed by atoms with Crippen LogP contribution in [0, 0.1) is 22.7 Å². The van der Waals surface area contributed by atoms with E-state index in [4.69, 9.17) is 15.3 Å². The van der Waals surface area contributed by atoms with Crippen LogP contribution in [0.15, 0.2) is 36.4 Å². The van der Waals surface area contributed by atoms with Gasteiger partial charge in [0.05, 0.1) is 6.61 Å². The highest BCUT2D eigenvalue weighted by Crippen LogP contribution is 2.22. The summed E-state index contributed by atoms with van der Waals surface area (Å²) < 4.78 is 5.50. The molecule has 1 aromatic rings. The summed E-state index contributed by atoms with van der Waals surface area (Å²) in [6, 6.07) is 9.26. The van der Waals surface area contributed by atoms with Gasteiger partial charge in [-0.2, -0.15) is 10.5 Å². The Labute approximate surface area is 107 Å². The summed E-state index contributed by atoms with van der Waals surface area (Å²) in [7, 11) is 0. The van der Waals surface area contributed by atoms with Gasteiger partial charge in [0.2, 0.25) is 0 Å². The van der Waals surface area contributed by atoms with E-state index < -0.39 is 0 Å². The lowest BCUT2D eigenvalue weighted by Crippen LogP contribution is -1.96. The maximum Gasteiger partial charge on any atom is 0.130 e. The van der Waals surface area contributed by atoms with E-state index in [1.165, 1.54) is 0 Å². The molecule has 1 aromatic carbocycles. The zero-order chi connectivity index (χ0) is 13.4. The number of benzene rings is 1. The van der Waals surface area contributed by atoms with Crippen LogP contribution in [-0.4, -0.2) is 6.61 Å². The minimum absolute atomic E-state index is 0.0868. The standard InChI is InChI=1S/C15H14N2O/c1-3-5-14-9-12(8-13(10-16)11-17)6-7-15(14)18-4-2/h3,6-9H,1,4-5H2,2H3. The van der Waals surface area contributed by atoms with Crippen molar-refractivity contribution in [1.29, 1.82) is 10.5 Å². The van der Waals surface area contributed by atoms with Crippen LogP contribution in [0.1, 0.15) is 18.1 Å². The minimum atomic E-state index is 0.0868. The maximum absolute atomic E-state index is 8.72. The van der Waals surface area contributed by atoms with Crippen LogP contribution in [0.3, 0.4) is 0 Å². The van der Waals surface area contributed by atoms with E-state index in [0.29, 0.717) is 13.0 Å². The molecule has 0 atom stereocenters. The Morgan fingerprint density at radius 2 is 2.11 bits per heavy atom. The molecular weight excluding hydrogens is 224 g/mol. The topological polar surface area (TPSA) is 56.8 Å². The number of hydrogen-bond acceptors (Lipinski definition) is 3. The summed E-state index contributed by atoms with van der Waals surface area (Å²) in [5.74, 6) is 0.810. The van der Waals surface area contributed by atoms with E-state index in [1.54, 1.807) is 12.2 Å². The molecule has 0 bridgehead atoms. The Hall–Kier alpha value is -2.52. The lowest BCUT2D eigenvalue weighted by molar-refractivity contribution is 0.337. The van der Waals surface area contributed by atoms with Crippen molar-refractivity contribution in [2.24, 2.45) is 0 Å². The van der Waals surface area contributed by atoms with Crippen molar-refractivity contribution in [3.05, 3.63) is 47.6 Å². The van der Waals surface area contributed by atoms with Crippen molar-refractivity contribution in [3.8, 4) is 17.9 Å². The Balaban J connectivity index is 3.15. The van der Waals surface area contributed by atoms with Gasteiger partial charge in [0.25, 0.3) is 0 Å². The van der Waals surface area contributed by atoms with Crippen molar-refractivity contribution >= 4 is 6.08 Å². The molecule has 0 saturated heterocycles. The molecule has 0 saturated carbocycles. The van der Waals surface area contributed by atoms with Crippen molar-refractivity contribution < 1.29 is 4.74 Å². The Kier molecular flexibility index (Phi) is 5.22. The van der Waals surface area contributed by atoms with Crippen molar-refractivity contribution in [2.45, 2.75) is 13.3 Å². The van der Waals surface area contributed by atoms with Crippen LogP contribution in [0.5, 0.6) is 5.75 Å². The number of ether oxygens (including phenoxy) is 1. The van der Waals surface area contributed by atoms with E-state index in [2.05, 4.69) is 6.58 Å². The van der Waals surface area contributed by atoms with Crippen LogP contribution in [0.2, 0.25) is 0 Å². The second kappa shape index (κ2) is 6.93. The van der Waals surface area contributed by atoms with Crippen LogP contribution in [0.25, 0.3) is 6.08 Å². The SMILES string of the molecule is C=CCc1cc(C=C(C#N)C#N)ccc1OCC. The van der Waals surface area contributed by atoms with Crippen LogP contribution >= 0.6 is 0 Å². The molecule has 0 aromatic heterocycles. The molecule has 1 rings (SSSR count). The van der Waals surface area contributed by atoms with Gasteiger partial charge in [0.15, 0.2) is 0 Å². The molecule has 0 radical (unpaired) electrons. The van der Waals surface area contributed by atoms with Crippen molar-refractivity contribution in [1.82, 2.24) is 0 Å². The third-order valence-electron chi connectivity index (χ3n) is 2.30. The smallest absolute Gasteiger partial charge is 0.130 e. The first kappa shape index (κ1) is 13.5. The highest BCUT2D eigenvalue weighted by Gasteiger charge is 2.03. The molecule has 0 unspecified atom stereocenters. The molecular formula is C15H14N2O. The average molecular weight is 238 g/mol. The van der Waals surface area contributed by atoms with Gasteiger partial charge in [-0.25, -0.2) is 0 Å². The summed E-state index contributed by atoms with van der Waals surface area (Å²) in [6.45, 7) is 6.23. The van der Waals surface area contributed by atoms with Crippen molar-refractivity contribution in [2.75, 3.05) is 6.61 Å². The summed E-state index contributed by atoms with van der Waals surface area (Å²) in [5, 5.41) is 17.4. The third-order valence-corrected chi connectivity index (χ3v) is 2.30. The normalized spacial score (nSPS) is 8.83. The number of nitriles is 2. The number of hydrogen-bond donors (Lipinski definition) is 0. The van der Waals surface area contributed by atoms with Gasteiger partial charge in [0, 0.05) is 0 Å². The second-order valence-corrected chi connectivity index (χ2v) is 3.57. The molecule has 90 valence electrons. The fourth-order valence-electron chi connectivity index (χ4n) is 1.56. The van der Waals surface area contributed by atoms with E-state index in [-0.39, 0.29) is 5.57 Å². The van der Waals surface area contributed by atoms with E-state index in [1.807, 2.05) is 37.3 Å². The summed E-state index contributed by atoms with van der Waals surface area (Å²) in [4.78, 5) is 0. The fourth-order valence-corrected chi connectivity index (χ4v) is 1.56. The fraction of sp³-hybridized carbons (Fsp3) is 0.200. The maximum atomic E-state index is 8.72. The monoisotopic (exact) mass is 238 g/mol. The largest absolute Gasteiger partial charge is 0.494 e. The lowest BCUT2D eigenvalue weighted by atomic mass is 10.0. The molecule has 0 aliphatic carbocycles. The van der Waals surface area contributed by atoms with Crippen LogP contribution in [0.4, 0.5) is 0 Å². The molecule has 0 spiro atoms. The first-order valence-electron chi connectivity index (χ1n) is 5.63. The van der Waals surface area contributed by atoms with Gasteiger partial charge in [-0.15, -0.1) is 6.58 Å². The Bertz CT molecular complexity index is 529. The summed E-state index contributed by atoms with van der Waals surface area (Å²) >= 11 is 0. The molecule has 0 aliphatic rings. The first-order chi connectivity index (χ1) is 8.74. The van der Waals surface area contributed by atoms with Gasteiger partial charge in [-0.3, -0.25) is 0 Å². The molecule has 0 N–H and O–H groups in total. The molecule has 18 heavy (non-hydrogen) atoms. The Morgan fingerprint density at radius 1 is 1.39 bits per heavy atom. The molecule has 3 nitrogen and oxygen atoms in total. The van der Waals surface area contributed by atoms with E-state index in [0.717, 1.165) is 16.9 Å². The summed E-state index contributed by atoms with van der Waals surface area (Å²) in [5.41, 5.74) is 1.90. The highest BCUT2D eigenvalue weighted by molar-refractivity contribution is 5.63. The third kappa shape index (κ3) is 3.50. The van der Waals surface area contributed by atoms with Gasteiger partial charge in [-0.05, 0) is 42.7 Å². The predicted octanol–water partition coefficient (Wildman–Crippen LogP) is 3.24. The van der Waals surface area contributed by atoms with Gasteiger partial charge in [0.1, 0.15) is 23.5 Å². The molecule has 0 amide bonds. The predicted molar refractivity (Wildman–Crippen MR) is 70.7 cm³/mol. The van der Waals surface area contributed by atoms with E-state index >= 15 is 0 Å². The quantitative estimate of drug-likeness (QED) is 0.584. The van der Waals surface area contributed by atoms with Gasteiger partial charge >= 0.3 is 0 Å². The number of allylic oxidation sites excluding steroid dienone is 2. The lowest BCUT2D eigenvalue weighted by Gasteiger charge is -2.09. The molecule has 0 heterocycles. The molecule has 3 heteroatoms. The number of rotatable bonds is 5. The van der Waals surface area contributed by atoms with Crippen molar-refractivity contribution in [3.63, 3.8) is 0 Å². The zero-order valence-electron chi connectivity index (χ0n) is 10.3. The summed E-state index contributed by atoms with van der Waals surface area (Å²) in [6.07, 6.45) is 4.04. The van der Waals surface area contributed by atoms with Crippen LogP contribution in [-0.2, 0) is 6.42 Å². The van der Waals surface area contributed by atoms with E-state index in [9.17, 15) is 0 Å². The molecule has 0 fully saturated rings. The molecule has 0 aliphatic heterocycles. The average Bonchev–Trinajstić information content (AvgIpc) is 2.39. The zero-order valence-corrected chi connectivity index (χ0v) is 10.3. The second-order valence-electron chi connectivity index (χ2n) is 3.57. The Morgan fingerprint density at radius 3 is 2.67 bits per heavy atom.